The van der Waals surface area contributed by atoms with E-state index in [1.54, 1.807) is 0 Å². The first-order valence-corrected chi connectivity index (χ1v) is 19.0. The smallest absolute Gasteiger partial charge is 0.162 e. The summed E-state index contributed by atoms with van der Waals surface area (Å²) >= 11 is 0. The molecule has 273 valence electrons. The Morgan fingerprint density at radius 2 is 1.40 bits per heavy atom. The van der Waals surface area contributed by atoms with Crippen molar-refractivity contribution in [1.29, 1.82) is 0 Å². The van der Waals surface area contributed by atoms with Crippen LogP contribution in [0.4, 0.5) is 0 Å². The predicted octanol–water partition coefficient (Wildman–Crippen LogP) is 12.1. The van der Waals surface area contributed by atoms with Crippen LogP contribution < -0.4 is 0 Å². The second-order valence-electron chi connectivity index (χ2n) is 15.4. The fourth-order valence-corrected chi connectivity index (χ4v) is 8.58. The average Bonchev–Trinajstić information content (AvgIpc) is 3.44. The van der Waals surface area contributed by atoms with Crippen LogP contribution in [0, 0.1) is 17.9 Å². The third-order valence-electron chi connectivity index (χ3n) is 11.5. The maximum atomic E-state index is 11.7. The van der Waals surface area contributed by atoms with E-state index in [0.717, 1.165) is 47.8 Å². The summed E-state index contributed by atoms with van der Waals surface area (Å²) in [6, 6.07) is 34.8. The maximum Gasteiger partial charge on any atom is 0.162 e. The molecule has 4 nitrogen and oxygen atoms in total. The van der Waals surface area contributed by atoms with E-state index >= 15 is 0 Å². The average molecular weight is 878 g/mol. The zero-order chi connectivity index (χ0) is 36.8. The van der Waals surface area contributed by atoms with Crippen LogP contribution in [0.2, 0.25) is 0 Å². The van der Waals surface area contributed by atoms with Gasteiger partial charge in [-0.25, -0.2) is 0 Å². The van der Waals surface area contributed by atoms with Crippen LogP contribution in [-0.2, 0) is 35.7 Å². The van der Waals surface area contributed by atoms with Gasteiger partial charge in [-0.05, 0) is 92.5 Å². The zero-order valence-corrected chi connectivity index (χ0v) is 34.3. The van der Waals surface area contributed by atoms with Gasteiger partial charge in [-0.3, -0.25) is 9.78 Å². The summed E-state index contributed by atoms with van der Waals surface area (Å²) in [5.41, 5.74) is 11.6. The molecule has 1 spiro atoms. The minimum absolute atomic E-state index is 0. The van der Waals surface area contributed by atoms with Crippen molar-refractivity contribution in [3.05, 3.63) is 143 Å². The van der Waals surface area contributed by atoms with E-state index in [9.17, 15) is 9.90 Å². The number of allylic oxidation sites excluding steroid dienone is 2. The van der Waals surface area contributed by atoms with E-state index in [1.807, 2.05) is 46.2 Å². The minimum Gasteiger partial charge on any atom is -0.512 e. The second-order valence-corrected chi connectivity index (χ2v) is 15.4. The molecule has 8 rings (SSSR count). The Balaban J connectivity index is 0.000000258. The van der Waals surface area contributed by atoms with Crippen LogP contribution in [0.15, 0.2) is 109 Å². The van der Waals surface area contributed by atoms with Crippen molar-refractivity contribution in [3.8, 4) is 22.4 Å². The molecule has 4 aromatic carbocycles. The molecule has 0 atom stereocenters. The van der Waals surface area contributed by atoms with E-state index in [0.29, 0.717) is 0 Å². The standard InChI is InChI=1S/C35H25N2.C13H24O2.Ir/c1-34(2,3)23-19-22-16-18-37-33-26-15-14-21-9-8-17-36-32(21)31(26)35(29(20-23)30(22)33)27-12-6-4-10-24(27)25-11-5-7-13-28(25)35;1-5-10(6-2)12(14)9-13(15)11(7-3)8-4;/h4-14,16-20H,1-3H3;9-11,14H,5-8H2,1-4H3;/q-1;;/b;12-9-;. The van der Waals surface area contributed by atoms with Crippen molar-refractivity contribution < 1.29 is 30.0 Å². The molecule has 1 radical (unpaired) electrons. The van der Waals surface area contributed by atoms with Crippen molar-refractivity contribution in [1.82, 2.24) is 9.97 Å². The van der Waals surface area contributed by atoms with Crippen LogP contribution in [-0.4, -0.2) is 20.9 Å². The minimum atomic E-state index is -0.511. The molecular formula is C48H49IrN2O2-. The predicted molar refractivity (Wildman–Crippen MR) is 215 cm³/mol. The van der Waals surface area contributed by atoms with Crippen molar-refractivity contribution >= 4 is 27.5 Å². The van der Waals surface area contributed by atoms with Gasteiger partial charge in [0.1, 0.15) is 0 Å². The van der Waals surface area contributed by atoms with Crippen molar-refractivity contribution in [2.45, 2.75) is 85.0 Å². The number of rotatable bonds is 7. The van der Waals surface area contributed by atoms with E-state index < -0.39 is 5.41 Å². The molecular weight excluding hydrogens is 829 g/mol. The summed E-state index contributed by atoms with van der Waals surface area (Å²) < 4.78 is 0. The van der Waals surface area contributed by atoms with Crippen LogP contribution >= 0.6 is 0 Å². The molecule has 0 unspecified atom stereocenters. The maximum absolute atomic E-state index is 11.7. The molecule has 0 saturated carbocycles. The number of carbonyl (C=O) groups is 1. The Kier molecular flexibility index (Phi) is 10.9. The second kappa shape index (κ2) is 15.1. The number of carbonyl (C=O) groups excluding carboxylic acids is 1. The molecule has 1 N–H and O–H groups in total. The largest absolute Gasteiger partial charge is 0.512 e. The number of aliphatic hydroxyl groups is 1. The molecule has 53 heavy (non-hydrogen) atoms. The van der Waals surface area contributed by atoms with Crippen LogP contribution in [0.1, 0.15) is 102 Å². The van der Waals surface area contributed by atoms with Gasteiger partial charge < -0.3 is 10.1 Å². The monoisotopic (exact) mass is 878 g/mol. The molecule has 0 bridgehead atoms. The third-order valence-corrected chi connectivity index (χ3v) is 11.5. The first-order chi connectivity index (χ1) is 25.1. The van der Waals surface area contributed by atoms with E-state index in [4.69, 9.17) is 9.97 Å². The first kappa shape index (κ1) is 38.3. The quantitative estimate of drug-likeness (QED) is 0.0984. The molecule has 2 aliphatic carbocycles. The van der Waals surface area contributed by atoms with Gasteiger partial charge in [0.25, 0.3) is 0 Å². The van der Waals surface area contributed by atoms with E-state index in [-0.39, 0.29) is 48.9 Å². The normalized spacial score (nSPS) is 13.7. The van der Waals surface area contributed by atoms with Crippen LogP contribution in [0.25, 0.3) is 44.1 Å². The number of ketones is 1. The summed E-state index contributed by atoms with van der Waals surface area (Å²) in [4.78, 5) is 21.7. The Labute approximate surface area is 328 Å². The summed E-state index contributed by atoms with van der Waals surface area (Å²) in [5, 5.41) is 13.3. The number of pyridine rings is 2. The van der Waals surface area contributed by atoms with Crippen LogP contribution in [0.3, 0.4) is 0 Å². The number of aliphatic hydroxyl groups excluding tert-OH is 1. The number of benzene rings is 4. The van der Waals surface area contributed by atoms with Gasteiger partial charge in [0.05, 0.1) is 5.76 Å². The van der Waals surface area contributed by atoms with E-state index in [1.165, 1.54) is 55.8 Å². The van der Waals surface area contributed by atoms with Crippen LogP contribution in [0.5, 0.6) is 0 Å². The summed E-state index contributed by atoms with van der Waals surface area (Å²) in [6.07, 6.45) is 8.77. The van der Waals surface area contributed by atoms with Gasteiger partial charge in [-0.15, -0.1) is 17.7 Å². The van der Waals surface area contributed by atoms with Gasteiger partial charge in [-0.1, -0.05) is 132 Å². The summed E-state index contributed by atoms with van der Waals surface area (Å²) in [7, 11) is 0. The number of hydrogen-bond donors (Lipinski definition) is 1. The van der Waals surface area contributed by atoms with Gasteiger partial charge in [-0.2, -0.15) is 0 Å². The molecule has 2 heterocycles. The Morgan fingerprint density at radius 3 is 2.00 bits per heavy atom. The number of fused-ring (bicyclic) bond motifs is 11. The van der Waals surface area contributed by atoms with Gasteiger partial charge >= 0.3 is 0 Å². The number of aromatic nitrogens is 2. The van der Waals surface area contributed by atoms with Crippen molar-refractivity contribution in [2.24, 2.45) is 11.8 Å². The topological polar surface area (TPSA) is 63.1 Å². The first-order valence-electron chi connectivity index (χ1n) is 19.0. The zero-order valence-electron chi connectivity index (χ0n) is 31.9. The van der Waals surface area contributed by atoms with Crippen molar-refractivity contribution in [3.63, 3.8) is 0 Å². The number of hydrogen-bond acceptors (Lipinski definition) is 4. The summed E-state index contributed by atoms with van der Waals surface area (Å²) in [5.74, 6) is 0.547. The Morgan fingerprint density at radius 1 is 0.774 bits per heavy atom. The van der Waals surface area contributed by atoms with Gasteiger partial charge in [0.15, 0.2) is 5.78 Å². The number of nitrogens with zero attached hydrogens (tertiary/aromatic N) is 2. The fourth-order valence-electron chi connectivity index (χ4n) is 8.58. The van der Waals surface area contributed by atoms with Gasteiger partial charge in [0, 0.05) is 55.8 Å². The molecule has 0 saturated heterocycles. The molecule has 6 aromatic rings. The molecule has 0 aliphatic heterocycles. The Hall–Kier alpha value is -4.44. The summed E-state index contributed by atoms with van der Waals surface area (Å²) in [6.45, 7) is 15.0. The fraction of sp³-hybridized carbons (Fsp3) is 0.312. The molecule has 0 amide bonds. The van der Waals surface area contributed by atoms with Crippen molar-refractivity contribution in [2.75, 3.05) is 0 Å². The van der Waals surface area contributed by atoms with Gasteiger partial charge in [0.2, 0.25) is 0 Å². The molecule has 5 heteroatoms. The SMILES string of the molecule is CC(C)(C)c1cc2c3c(nccc3c1)-c1[c-]cc3cccnc3c1C21c2ccccc2-c2ccccc21.CCC(CC)C(=O)/C=C(\O)C(CC)CC.[Ir]. The molecule has 2 aliphatic rings. The Bertz CT molecular complexity index is 2300. The third kappa shape index (κ3) is 6.26. The molecule has 0 fully saturated rings. The van der Waals surface area contributed by atoms with E-state index in [2.05, 4.69) is 106 Å². The molecule has 2 aromatic heterocycles.